The number of carbonyl (C=O) groups is 2. The van der Waals surface area contributed by atoms with Crippen LogP contribution in [0.25, 0.3) is 0 Å². The van der Waals surface area contributed by atoms with Crippen LogP contribution in [0.1, 0.15) is 12.8 Å². The second-order valence-electron chi connectivity index (χ2n) is 3.33. The van der Waals surface area contributed by atoms with Gasteiger partial charge < -0.3 is 9.47 Å². The molecular weight excluding hydrogens is 184 g/mol. The van der Waals surface area contributed by atoms with Gasteiger partial charge in [-0.15, -0.1) is 0 Å². The fraction of sp³-hybridized carbons (Fsp3) is 0.600. The summed E-state index contributed by atoms with van der Waals surface area (Å²) in [6.45, 7) is 3.76. The molecular formula is C10H14O4. The molecule has 4 nitrogen and oxygen atoms in total. The van der Waals surface area contributed by atoms with Crippen LogP contribution in [0.3, 0.4) is 0 Å². The maximum Gasteiger partial charge on any atom is 0.313 e. The first-order valence-electron chi connectivity index (χ1n) is 4.45. The summed E-state index contributed by atoms with van der Waals surface area (Å²) in [7, 11) is 2.63. The average molecular weight is 198 g/mol. The van der Waals surface area contributed by atoms with Crippen molar-refractivity contribution in [3.05, 3.63) is 12.2 Å². The van der Waals surface area contributed by atoms with Crippen LogP contribution in [-0.2, 0) is 19.1 Å². The zero-order chi connectivity index (χ0) is 10.7. The average Bonchev–Trinajstić information content (AvgIpc) is 2.58. The Kier molecular flexibility index (Phi) is 3.28. The molecule has 0 N–H and O–H groups in total. The number of rotatable bonds is 2. The van der Waals surface area contributed by atoms with E-state index in [2.05, 4.69) is 16.1 Å². The van der Waals surface area contributed by atoms with Gasteiger partial charge in [-0.2, -0.15) is 0 Å². The molecule has 0 heterocycles. The van der Waals surface area contributed by atoms with Crippen molar-refractivity contribution in [2.45, 2.75) is 12.8 Å². The molecule has 78 valence electrons. The summed E-state index contributed by atoms with van der Waals surface area (Å²) < 4.78 is 9.24. The highest BCUT2D eigenvalue weighted by atomic mass is 16.5. The molecule has 1 saturated carbocycles. The molecule has 0 bridgehead atoms. The second-order valence-corrected chi connectivity index (χ2v) is 3.33. The Bertz CT molecular complexity index is 269. The Morgan fingerprint density at radius 2 is 1.86 bits per heavy atom. The van der Waals surface area contributed by atoms with E-state index in [9.17, 15) is 9.59 Å². The fourth-order valence-corrected chi connectivity index (χ4v) is 1.81. The predicted molar refractivity (Wildman–Crippen MR) is 49.4 cm³/mol. The zero-order valence-electron chi connectivity index (χ0n) is 8.41. The largest absolute Gasteiger partial charge is 0.469 e. The van der Waals surface area contributed by atoms with Crippen LogP contribution in [0.5, 0.6) is 0 Å². The van der Waals surface area contributed by atoms with Crippen molar-refractivity contribution in [3.8, 4) is 0 Å². The van der Waals surface area contributed by atoms with Gasteiger partial charge in [0.25, 0.3) is 0 Å². The van der Waals surface area contributed by atoms with Gasteiger partial charge in [-0.05, 0) is 12.8 Å². The maximum atomic E-state index is 11.4. The van der Waals surface area contributed by atoms with Crippen LogP contribution in [0.2, 0.25) is 0 Å². The molecule has 0 unspecified atom stereocenters. The number of hydrogen-bond donors (Lipinski definition) is 0. The third-order valence-corrected chi connectivity index (χ3v) is 2.58. The SMILES string of the molecule is C=C1CC[C@H](C(=O)OC)[C@@H]1C(=O)OC. The highest BCUT2D eigenvalue weighted by Crippen LogP contribution is 2.36. The van der Waals surface area contributed by atoms with Crippen molar-refractivity contribution in [3.63, 3.8) is 0 Å². The van der Waals surface area contributed by atoms with Gasteiger partial charge >= 0.3 is 11.9 Å². The molecule has 14 heavy (non-hydrogen) atoms. The van der Waals surface area contributed by atoms with E-state index in [1.54, 1.807) is 0 Å². The Morgan fingerprint density at radius 1 is 1.29 bits per heavy atom. The molecule has 1 aliphatic rings. The van der Waals surface area contributed by atoms with E-state index in [1.165, 1.54) is 14.2 Å². The van der Waals surface area contributed by atoms with E-state index < -0.39 is 17.8 Å². The molecule has 0 saturated heterocycles. The van der Waals surface area contributed by atoms with Gasteiger partial charge in [0.05, 0.1) is 26.1 Å². The lowest BCUT2D eigenvalue weighted by Crippen LogP contribution is -2.28. The maximum absolute atomic E-state index is 11.4. The highest BCUT2D eigenvalue weighted by Gasteiger charge is 2.41. The molecule has 0 amide bonds. The monoisotopic (exact) mass is 198 g/mol. The van der Waals surface area contributed by atoms with Gasteiger partial charge in [-0.25, -0.2) is 0 Å². The third-order valence-electron chi connectivity index (χ3n) is 2.58. The minimum atomic E-state index is -0.521. The highest BCUT2D eigenvalue weighted by molar-refractivity contribution is 5.85. The first-order valence-corrected chi connectivity index (χ1v) is 4.45. The Labute approximate surface area is 82.9 Å². The van der Waals surface area contributed by atoms with Gasteiger partial charge in [0.1, 0.15) is 0 Å². The minimum Gasteiger partial charge on any atom is -0.469 e. The zero-order valence-corrected chi connectivity index (χ0v) is 8.41. The summed E-state index contributed by atoms with van der Waals surface area (Å²) in [6, 6.07) is 0. The molecule has 1 fully saturated rings. The quantitative estimate of drug-likeness (QED) is 0.489. The van der Waals surface area contributed by atoms with E-state index in [1.807, 2.05) is 0 Å². The molecule has 0 aromatic heterocycles. The van der Waals surface area contributed by atoms with E-state index in [4.69, 9.17) is 0 Å². The summed E-state index contributed by atoms with van der Waals surface area (Å²) in [5.74, 6) is -1.70. The van der Waals surface area contributed by atoms with Gasteiger partial charge in [-0.1, -0.05) is 12.2 Å². The smallest absolute Gasteiger partial charge is 0.313 e. The van der Waals surface area contributed by atoms with Crippen LogP contribution in [0, 0.1) is 11.8 Å². The predicted octanol–water partition coefficient (Wildman–Crippen LogP) is 0.915. The first-order chi connectivity index (χ1) is 6.61. The van der Waals surface area contributed by atoms with E-state index >= 15 is 0 Å². The summed E-state index contributed by atoms with van der Waals surface area (Å²) in [6.07, 6.45) is 1.30. The second kappa shape index (κ2) is 4.26. The van der Waals surface area contributed by atoms with Gasteiger partial charge in [0.15, 0.2) is 0 Å². The Hall–Kier alpha value is -1.32. The van der Waals surface area contributed by atoms with Crippen molar-refractivity contribution < 1.29 is 19.1 Å². The molecule has 1 aliphatic carbocycles. The molecule has 0 aromatic carbocycles. The Balaban J connectivity index is 2.81. The molecule has 1 rings (SSSR count). The van der Waals surface area contributed by atoms with Crippen LogP contribution in [-0.4, -0.2) is 26.2 Å². The molecule has 0 radical (unpaired) electrons. The topological polar surface area (TPSA) is 52.6 Å². The minimum absolute atomic E-state index is 0.362. The summed E-state index contributed by atoms with van der Waals surface area (Å²) in [5, 5.41) is 0. The van der Waals surface area contributed by atoms with Gasteiger partial charge in [0.2, 0.25) is 0 Å². The molecule has 4 heteroatoms. The van der Waals surface area contributed by atoms with Gasteiger partial charge in [-0.3, -0.25) is 9.59 Å². The Morgan fingerprint density at radius 3 is 2.36 bits per heavy atom. The van der Waals surface area contributed by atoms with Crippen molar-refractivity contribution in [1.29, 1.82) is 0 Å². The number of ether oxygens (including phenoxy) is 2. The van der Waals surface area contributed by atoms with E-state index in [0.717, 1.165) is 5.57 Å². The van der Waals surface area contributed by atoms with Crippen molar-refractivity contribution >= 4 is 11.9 Å². The van der Waals surface area contributed by atoms with Crippen molar-refractivity contribution in [2.24, 2.45) is 11.8 Å². The molecule has 0 aliphatic heterocycles. The van der Waals surface area contributed by atoms with Crippen LogP contribution >= 0.6 is 0 Å². The summed E-state index contributed by atoms with van der Waals surface area (Å²) in [4.78, 5) is 22.7. The van der Waals surface area contributed by atoms with Crippen LogP contribution in [0.15, 0.2) is 12.2 Å². The summed E-state index contributed by atoms with van der Waals surface area (Å²) >= 11 is 0. The first kappa shape index (κ1) is 10.8. The number of hydrogen-bond acceptors (Lipinski definition) is 4. The number of esters is 2. The van der Waals surface area contributed by atoms with Crippen LogP contribution in [0.4, 0.5) is 0 Å². The fourth-order valence-electron chi connectivity index (χ4n) is 1.81. The molecule has 0 aromatic rings. The lowest BCUT2D eigenvalue weighted by atomic mass is 9.94. The van der Waals surface area contributed by atoms with Crippen molar-refractivity contribution in [2.75, 3.05) is 14.2 Å². The van der Waals surface area contributed by atoms with Crippen molar-refractivity contribution in [1.82, 2.24) is 0 Å². The molecule has 0 spiro atoms. The number of methoxy groups -OCH3 is 2. The molecule has 2 atom stereocenters. The standard InChI is InChI=1S/C10H14O4/c1-6-4-5-7(9(11)13-2)8(6)10(12)14-3/h7-8H,1,4-5H2,2-3H3/t7-,8+/m0/s1. The third kappa shape index (κ3) is 1.78. The summed E-state index contributed by atoms with van der Waals surface area (Å²) in [5.41, 5.74) is 0.757. The van der Waals surface area contributed by atoms with E-state index in [-0.39, 0.29) is 5.97 Å². The van der Waals surface area contributed by atoms with Gasteiger partial charge in [0, 0.05) is 0 Å². The van der Waals surface area contributed by atoms with Crippen LogP contribution < -0.4 is 0 Å². The number of carbonyl (C=O) groups excluding carboxylic acids is 2. The normalized spacial score (nSPS) is 26.0. The van der Waals surface area contributed by atoms with E-state index in [0.29, 0.717) is 12.8 Å². The lowest BCUT2D eigenvalue weighted by Gasteiger charge is -2.15. The lowest BCUT2D eigenvalue weighted by molar-refractivity contribution is -0.154.